The van der Waals surface area contributed by atoms with Crippen LogP contribution in [-0.2, 0) is 23.0 Å². The molecule has 3 rings (SSSR count). The van der Waals surface area contributed by atoms with E-state index in [9.17, 15) is 31.1 Å². The smallest absolute Gasteiger partial charge is 0.416 e. The lowest BCUT2D eigenvalue weighted by atomic mass is 9.78. The van der Waals surface area contributed by atoms with E-state index in [0.29, 0.717) is 0 Å². The molecule has 0 aromatic heterocycles. The number of carbonyl (C=O) groups excluding carboxylic acids is 1. The summed E-state index contributed by atoms with van der Waals surface area (Å²) >= 11 is 0. The van der Waals surface area contributed by atoms with Gasteiger partial charge >= 0.3 is 18.4 Å². The number of hydrogen-bond acceptors (Lipinski definition) is 4. The van der Waals surface area contributed by atoms with E-state index >= 15 is 8.78 Å². The minimum Gasteiger partial charge on any atom is -0.493 e. The Kier molecular flexibility index (Phi) is 7.58. The number of alkyl halides is 8. The molecule has 1 amide bonds. The van der Waals surface area contributed by atoms with Gasteiger partial charge < -0.3 is 14.2 Å². The predicted octanol–water partition coefficient (Wildman–Crippen LogP) is 7.37. The third-order valence-corrected chi connectivity index (χ3v) is 6.06. The van der Waals surface area contributed by atoms with Gasteiger partial charge in [0.15, 0.2) is 11.5 Å². The number of rotatable bonds is 5. The monoisotopic (exact) mass is 541 g/mol. The summed E-state index contributed by atoms with van der Waals surface area (Å²) in [7, 11) is 2.48. The summed E-state index contributed by atoms with van der Waals surface area (Å²) in [5.41, 5.74) is -5.51. The first-order valence-corrected chi connectivity index (χ1v) is 11.0. The molecule has 0 fully saturated rings. The fourth-order valence-electron chi connectivity index (χ4n) is 4.35. The largest absolute Gasteiger partial charge is 0.493 e. The fourth-order valence-corrected chi connectivity index (χ4v) is 4.35. The maximum absolute atomic E-state index is 16.0. The van der Waals surface area contributed by atoms with E-state index in [2.05, 4.69) is 0 Å². The molecule has 0 radical (unpaired) electrons. The molecule has 1 heterocycles. The third kappa shape index (κ3) is 5.40. The minimum absolute atomic E-state index is 0.0120. The number of fused-ring (bicyclic) bond motifs is 1. The standard InChI is InChI=1S/C24H23F8NO4/c1-5-37-21(34)33-12(2)6-17(16-10-19(35-3)20(36-4)11-18(16)33)22(25,26)13-7-14(23(27,28)29)9-15(8-13)24(30,31)32/h7-12,17H,5-6H2,1-4H3/t12-,17-/m0/s1. The van der Waals surface area contributed by atoms with E-state index in [0.717, 1.165) is 11.0 Å². The molecule has 0 saturated heterocycles. The quantitative estimate of drug-likeness (QED) is 0.371. The first kappa shape index (κ1) is 28.3. The fraction of sp³-hybridized carbons (Fsp3) is 0.458. The van der Waals surface area contributed by atoms with E-state index in [4.69, 9.17) is 14.2 Å². The van der Waals surface area contributed by atoms with Crippen LogP contribution in [0.2, 0.25) is 0 Å². The molecule has 0 N–H and O–H groups in total. The Morgan fingerprint density at radius 2 is 1.35 bits per heavy atom. The maximum atomic E-state index is 16.0. The zero-order valence-electron chi connectivity index (χ0n) is 20.1. The zero-order valence-corrected chi connectivity index (χ0v) is 20.1. The molecule has 204 valence electrons. The van der Waals surface area contributed by atoms with Gasteiger partial charge in [-0.3, -0.25) is 4.90 Å². The van der Waals surface area contributed by atoms with Crippen LogP contribution in [0.5, 0.6) is 11.5 Å². The lowest BCUT2D eigenvalue weighted by Crippen LogP contribution is -2.46. The highest BCUT2D eigenvalue weighted by molar-refractivity contribution is 5.91. The third-order valence-electron chi connectivity index (χ3n) is 6.06. The molecule has 37 heavy (non-hydrogen) atoms. The van der Waals surface area contributed by atoms with Gasteiger partial charge in [-0.05, 0) is 50.1 Å². The maximum Gasteiger partial charge on any atom is 0.416 e. The van der Waals surface area contributed by atoms with E-state index in [1.165, 1.54) is 34.1 Å². The van der Waals surface area contributed by atoms with Gasteiger partial charge in [-0.2, -0.15) is 26.3 Å². The Hall–Kier alpha value is -3.25. The molecule has 5 nitrogen and oxygen atoms in total. The molecular weight excluding hydrogens is 518 g/mol. The van der Waals surface area contributed by atoms with Crippen LogP contribution < -0.4 is 14.4 Å². The number of amides is 1. The van der Waals surface area contributed by atoms with Gasteiger partial charge in [-0.1, -0.05) is 0 Å². The van der Waals surface area contributed by atoms with Crippen molar-refractivity contribution >= 4 is 11.8 Å². The number of benzene rings is 2. The Morgan fingerprint density at radius 1 is 0.865 bits per heavy atom. The molecule has 0 aliphatic carbocycles. The van der Waals surface area contributed by atoms with Crippen molar-refractivity contribution in [3.8, 4) is 11.5 Å². The summed E-state index contributed by atoms with van der Waals surface area (Å²) in [4.78, 5) is 13.7. The van der Waals surface area contributed by atoms with Crippen molar-refractivity contribution in [3.63, 3.8) is 0 Å². The molecule has 1 aliphatic rings. The predicted molar refractivity (Wildman–Crippen MR) is 116 cm³/mol. The summed E-state index contributed by atoms with van der Waals surface area (Å²) < 4.78 is 128. The molecule has 0 unspecified atom stereocenters. The number of halogens is 8. The zero-order chi connectivity index (χ0) is 27.9. The highest BCUT2D eigenvalue weighted by Gasteiger charge is 2.50. The first-order valence-electron chi connectivity index (χ1n) is 11.0. The number of nitrogens with zero attached hydrogens (tertiary/aromatic N) is 1. The van der Waals surface area contributed by atoms with Gasteiger partial charge in [-0.25, -0.2) is 13.6 Å². The molecular formula is C24H23F8NO4. The van der Waals surface area contributed by atoms with E-state index in [1.807, 2.05) is 0 Å². The normalized spacial score (nSPS) is 18.3. The van der Waals surface area contributed by atoms with Gasteiger partial charge in [0.2, 0.25) is 0 Å². The second-order valence-electron chi connectivity index (χ2n) is 8.39. The number of carbonyl (C=O) groups is 1. The molecule has 1 aliphatic heterocycles. The Morgan fingerprint density at radius 3 is 1.81 bits per heavy atom. The Balaban J connectivity index is 2.27. The van der Waals surface area contributed by atoms with Crippen molar-refractivity contribution in [2.45, 2.75) is 50.5 Å². The van der Waals surface area contributed by atoms with Gasteiger partial charge in [0.05, 0.1) is 43.6 Å². The SMILES string of the molecule is CCOC(=O)N1c2cc(OC)c(OC)cc2[C@@H](C(F)(F)c2cc(C(F)(F)F)cc(C(F)(F)F)c2)C[C@@H]1C. The van der Waals surface area contributed by atoms with Crippen LogP contribution in [0.15, 0.2) is 30.3 Å². The van der Waals surface area contributed by atoms with E-state index in [-0.39, 0.29) is 47.6 Å². The Bertz CT molecular complexity index is 1130. The average Bonchev–Trinajstić information content (AvgIpc) is 2.81. The number of anilines is 1. The summed E-state index contributed by atoms with van der Waals surface area (Å²) in [6, 6.07) is 1.21. The number of methoxy groups -OCH3 is 2. The van der Waals surface area contributed by atoms with Crippen molar-refractivity contribution in [2.24, 2.45) is 0 Å². The van der Waals surface area contributed by atoms with Crippen LogP contribution in [0.25, 0.3) is 0 Å². The van der Waals surface area contributed by atoms with Crippen molar-refractivity contribution in [1.29, 1.82) is 0 Å². The van der Waals surface area contributed by atoms with E-state index in [1.54, 1.807) is 0 Å². The molecule has 2 atom stereocenters. The lowest BCUT2D eigenvalue weighted by Gasteiger charge is -2.41. The lowest BCUT2D eigenvalue weighted by molar-refractivity contribution is -0.143. The van der Waals surface area contributed by atoms with Crippen LogP contribution in [-0.4, -0.2) is 33.0 Å². The highest BCUT2D eigenvalue weighted by Crippen LogP contribution is 2.54. The van der Waals surface area contributed by atoms with Crippen molar-refractivity contribution in [3.05, 3.63) is 52.6 Å². The second kappa shape index (κ2) is 9.90. The minimum atomic E-state index is -5.30. The molecule has 2 aromatic rings. The van der Waals surface area contributed by atoms with Crippen LogP contribution in [0.4, 0.5) is 45.6 Å². The topological polar surface area (TPSA) is 48.0 Å². The molecule has 13 heteroatoms. The molecule has 0 bridgehead atoms. The summed E-state index contributed by atoms with van der Waals surface area (Å²) in [5.74, 6) is -6.11. The highest BCUT2D eigenvalue weighted by atomic mass is 19.4. The van der Waals surface area contributed by atoms with Crippen molar-refractivity contribution < 1.29 is 54.1 Å². The van der Waals surface area contributed by atoms with Crippen LogP contribution in [0, 0.1) is 0 Å². The molecule has 0 spiro atoms. The number of ether oxygens (including phenoxy) is 3. The number of hydrogen-bond donors (Lipinski definition) is 0. The Labute approximate surface area is 206 Å². The summed E-state index contributed by atoms with van der Waals surface area (Å²) in [6.45, 7) is 2.91. The summed E-state index contributed by atoms with van der Waals surface area (Å²) in [6.07, 6.45) is -12.0. The van der Waals surface area contributed by atoms with E-state index < -0.39 is 59.4 Å². The van der Waals surface area contributed by atoms with Crippen molar-refractivity contribution in [1.82, 2.24) is 0 Å². The summed E-state index contributed by atoms with van der Waals surface area (Å²) in [5, 5.41) is 0. The molecule has 0 saturated carbocycles. The van der Waals surface area contributed by atoms with Gasteiger partial charge in [0, 0.05) is 17.7 Å². The van der Waals surface area contributed by atoms with Gasteiger partial charge in [0.25, 0.3) is 5.92 Å². The van der Waals surface area contributed by atoms with Crippen molar-refractivity contribution in [2.75, 3.05) is 25.7 Å². The van der Waals surface area contributed by atoms with Crippen LogP contribution in [0.1, 0.15) is 48.4 Å². The second-order valence-corrected chi connectivity index (χ2v) is 8.39. The van der Waals surface area contributed by atoms with Gasteiger partial charge in [0.1, 0.15) is 0 Å². The van der Waals surface area contributed by atoms with Gasteiger partial charge in [-0.15, -0.1) is 0 Å². The van der Waals surface area contributed by atoms with Crippen LogP contribution >= 0.6 is 0 Å². The van der Waals surface area contributed by atoms with Crippen LogP contribution in [0.3, 0.4) is 0 Å². The average molecular weight is 541 g/mol. The first-order chi connectivity index (χ1) is 17.1. The molecule has 2 aromatic carbocycles.